The molecule has 2 rings (SSSR count). The van der Waals surface area contributed by atoms with Crippen LogP contribution in [0.1, 0.15) is 26.4 Å². The summed E-state index contributed by atoms with van der Waals surface area (Å²) in [5.74, 6) is -2.49. The van der Waals surface area contributed by atoms with E-state index in [0.717, 1.165) is 17.4 Å². The lowest BCUT2D eigenvalue weighted by molar-refractivity contribution is 0.0696. The minimum Gasteiger partial charge on any atom is -0.478 e. The standard InChI is InChI=1S/C12H10N4O4S/c1-5-9(21-12(13)14-5)16-15-8-3-6(10(17)18)2-7(4-8)11(19)20/h2-4H,1H3,(H2,13,14)(H,17,18)(H,19,20). The number of rotatable bonds is 4. The van der Waals surface area contributed by atoms with Crippen LogP contribution < -0.4 is 5.73 Å². The Morgan fingerprint density at radius 2 is 1.71 bits per heavy atom. The van der Waals surface area contributed by atoms with E-state index >= 15 is 0 Å². The second-order valence-electron chi connectivity index (χ2n) is 4.02. The van der Waals surface area contributed by atoms with Crippen LogP contribution in [0.4, 0.5) is 15.8 Å². The largest absolute Gasteiger partial charge is 0.478 e. The zero-order chi connectivity index (χ0) is 15.6. The number of nitrogens with two attached hydrogens (primary N) is 1. The van der Waals surface area contributed by atoms with Gasteiger partial charge in [0.05, 0.1) is 22.5 Å². The van der Waals surface area contributed by atoms with Crippen LogP contribution in [0.15, 0.2) is 28.4 Å². The molecule has 0 fully saturated rings. The Morgan fingerprint density at radius 3 is 2.14 bits per heavy atom. The molecule has 0 aliphatic carbocycles. The third-order valence-electron chi connectivity index (χ3n) is 2.46. The van der Waals surface area contributed by atoms with Crippen molar-refractivity contribution in [2.45, 2.75) is 6.92 Å². The second kappa shape index (κ2) is 5.67. The summed E-state index contributed by atoms with van der Waals surface area (Å²) in [5.41, 5.74) is 5.89. The van der Waals surface area contributed by atoms with Crippen LogP contribution in [0.2, 0.25) is 0 Å². The van der Waals surface area contributed by atoms with Crippen LogP contribution >= 0.6 is 11.3 Å². The maximum atomic E-state index is 11.0. The summed E-state index contributed by atoms with van der Waals surface area (Å²) in [6, 6.07) is 3.52. The number of carbonyl (C=O) groups is 2. The van der Waals surface area contributed by atoms with Crippen molar-refractivity contribution in [2.75, 3.05) is 5.73 Å². The predicted molar refractivity (Wildman–Crippen MR) is 75.8 cm³/mol. The van der Waals surface area contributed by atoms with Crippen molar-refractivity contribution in [3.05, 3.63) is 35.0 Å². The molecule has 1 aromatic carbocycles. The molecule has 0 aliphatic rings. The SMILES string of the molecule is Cc1nc(N)sc1N=Nc1cc(C(=O)O)cc(C(=O)O)c1. The summed E-state index contributed by atoms with van der Waals surface area (Å²) < 4.78 is 0. The van der Waals surface area contributed by atoms with Crippen LogP contribution in [0.25, 0.3) is 0 Å². The van der Waals surface area contributed by atoms with Gasteiger partial charge in [0.15, 0.2) is 10.1 Å². The third-order valence-corrected chi connectivity index (χ3v) is 3.33. The molecule has 108 valence electrons. The summed E-state index contributed by atoms with van der Waals surface area (Å²) in [5, 5.41) is 26.5. The maximum Gasteiger partial charge on any atom is 0.335 e. The zero-order valence-corrected chi connectivity index (χ0v) is 11.6. The molecule has 0 unspecified atom stereocenters. The highest BCUT2D eigenvalue weighted by atomic mass is 32.1. The molecule has 0 atom stereocenters. The molecule has 1 heterocycles. The Bertz CT molecular complexity index is 721. The molecule has 0 aliphatic heterocycles. The van der Waals surface area contributed by atoms with E-state index in [1.165, 1.54) is 12.1 Å². The first-order valence-electron chi connectivity index (χ1n) is 5.63. The topological polar surface area (TPSA) is 138 Å². The fourth-order valence-electron chi connectivity index (χ4n) is 1.52. The molecule has 0 amide bonds. The zero-order valence-electron chi connectivity index (χ0n) is 10.8. The quantitative estimate of drug-likeness (QED) is 0.742. The number of anilines is 1. The lowest BCUT2D eigenvalue weighted by Crippen LogP contribution is -2.01. The number of azo groups is 1. The van der Waals surface area contributed by atoms with Crippen LogP contribution in [0.5, 0.6) is 0 Å². The summed E-state index contributed by atoms with van der Waals surface area (Å²) >= 11 is 1.13. The first-order chi connectivity index (χ1) is 9.86. The van der Waals surface area contributed by atoms with E-state index in [4.69, 9.17) is 15.9 Å². The first-order valence-corrected chi connectivity index (χ1v) is 6.45. The number of benzene rings is 1. The minimum absolute atomic E-state index is 0.124. The van der Waals surface area contributed by atoms with Gasteiger partial charge in [-0.2, -0.15) is 0 Å². The highest BCUT2D eigenvalue weighted by molar-refractivity contribution is 7.19. The van der Waals surface area contributed by atoms with Gasteiger partial charge in [0.1, 0.15) is 0 Å². The molecular formula is C12H10N4O4S. The number of hydrogen-bond acceptors (Lipinski definition) is 7. The lowest BCUT2D eigenvalue weighted by Gasteiger charge is -2.00. The molecule has 21 heavy (non-hydrogen) atoms. The molecule has 4 N–H and O–H groups in total. The number of carboxylic acids is 2. The van der Waals surface area contributed by atoms with E-state index < -0.39 is 11.9 Å². The van der Waals surface area contributed by atoms with Gasteiger partial charge in [-0.05, 0) is 25.1 Å². The van der Waals surface area contributed by atoms with Crippen molar-refractivity contribution in [1.82, 2.24) is 4.98 Å². The van der Waals surface area contributed by atoms with E-state index in [1.807, 2.05) is 0 Å². The summed E-state index contributed by atoms with van der Waals surface area (Å²) in [4.78, 5) is 25.9. The van der Waals surface area contributed by atoms with Crippen LogP contribution in [-0.4, -0.2) is 27.1 Å². The molecule has 0 radical (unpaired) electrons. The summed E-state index contributed by atoms with van der Waals surface area (Å²) in [6.45, 7) is 1.71. The van der Waals surface area contributed by atoms with Crippen molar-refractivity contribution in [3.8, 4) is 0 Å². The Labute approximate surface area is 122 Å². The van der Waals surface area contributed by atoms with Gasteiger partial charge in [-0.25, -0.2) is 14.6 Å². The van der Waals surface area contributed by atoms with Crippen LogP contribution in [0.3, 0.4) is 0 Å². The first kappa shape index (κ1) is 14.6. The van der Waals surface area contributed by atoms with Crippen molar-refractivity contribution < 1.29 is 19.8 Å². The molecule has 2 aromatic rings. The monoisotopic (exact) mass is 306 g/mol. The smallest absolute Gasteiger partial charge is 0.335 e. The minimum atomic E-state index is -1.24. The Balaban J connectivity index is 2.41. The average Bonchev–Trinajstić information content (AvgIpc) is 2.74. The second-order valence-corrected chi connectivity index (χ2v) is 5.03. The average molecular weight is 306 g/mol. The van der Waals surface area contributed by atoms with E-state index in [9.17, 15) is 9.59 Å². The number of hydrogen-bond donors (Lipinski definition) is 3. The Morgan fingerprint density at radius 1 is 1.14 bits per heavy atom. The molecule has 9 heteroatoms. The highest BCUT2D eigenvalue weighted by Gasteiger charge is 2.11. The maximum absolute atomic E-state index is 11.0. The van der Waals surface area contributed by atoms with Gasteiger partial charge < -0.3 is 15.9 Å². The third kappa shape index (κ3) is 3.39. The number of aromatic nitrogens is 1. The number of thiazole rings is 1. The highest BCUT2D eigenvalue weighted by Crippen LogP contribution is 2.30. The van der Waals surface area contributed by atoms with E-state index in [-0.39, 0.29) is 16.8 Å². The van der Waals surface area contributed by atoms with Crippen LogP contribution in [0, 0.1) is 6.92 Å². The van der Waals surface area contributed by atoms with E-state index in [2.05, 4.69) is 15.2 Å². The molecule has 0 spiro atoms. The molecule has 0 saturated carbocycles. The fraction of sp³-hybridized carbons (Fsp3) is 0.0833. The van der Waals surface area contributed by atoms with Gasteiger partial charge in [0.2, 0.25) is 0 Å². The summed E-state index contributed by atoms with van der Waals surface area (Å²) in [7, 11) is 0. The summed E-state index contributed by atoms with van der Waals surface area (Å²) in [6.07, 6.45) is 0. The number of carboxylic acid groups (broad SMARTS) is 2. The number of nitrogen functional groups attached to an aromatic ring is 1. The van der Waals surface area contributed by atoms with Crippen molar-refractivity contribution in [3.63, 3.8) is 0 Å². The molecule has 0 bridgehead atoms. The van der Waals surface area contributed by atoms with Crippen LogP contribution in [-0.2, 0) is 0 Å². The Kier molecular flexibility index (Phi) is 3.94. The van der Waals surface area contributed by atoms with E-state index in [1.54, 1.807) is 6.92 Å². The lowest BCUT2D eigenvalue weighted by atomic mass is 10.1. The molecule has 8 nitrogen and oxygen atoms in total. The van der Waals surface area contributed by atoms with Crippen molar-refractivity contribution >= 4 is 39.1 Å². The van der Waals surface area contributed by atoms with E-state index in [0.29, 0.717) is 15.8 Å². The normalized spacial score (nSPS) is 10.9. The number of aromatic carboxylic acids is 2. The molecule has 1 aromatic heterocycles. The van der Waals surface area contributed by atoms with Gasteiger partial charge >= 0.3 is 11.9 Å². The molecular weight excluding hydrogens is 296 g/mol. The van der Waals surface area contributed by atoms with Gasteiger partial charge in [-0.1, -0.05) is 11.3 Å². The fourth-order valence-corrected chi connectivity index (χ4v) is 2.18. The van der Waals surface area contributed by atoms with Gasteiger partial charge in [-0.15, -0.1) is 10.2 Å². The Hall–Kier alpha value is -2.81. The molecule has 0 saturated heterocycles. The number of aryl methyl sites for hydroxylation is 1. The van der Waals surface area contributed by atoms with Crippen molar-refractivity contribution in [2.24, 2.45) is 10.2 Å². The van der Waals surface area contributed by atoms with Crippen molar-refractivity contribution in [1.29, 1.82) is 0 Å². The van der Waals surface area contributed by atoms with Gasteiger partial charge in [0, 0.05) is 0 Å². The number of nitrogens with zero attached hydrogens (tertiary/aromatic N) is 3. The predicted octanol–water partition coefficient (Wildman–Crippen LogP) is 2.85. The van der Waals surface area contributed by atoms with Gasteiger partial charge in [-0.3, -0.25) is 0 Å². The van der Waals surface area contributed by atoms with Gasteiger partial charge in [0.25, 0.3) is 0 Å².